The number of ether oxygens (including phenoxy) is 1. The third kappa shape index (κ3) is 3.00. The molecule has 0 amide bonds. The minimum Gasteiger partial charge on any atom is -0.380 e. The van der Waals surface area contributed by atoms with Crippen molar-refractivity contribution in [1.82, 2.24) is 5.32 Å². The lowest BCUT2D eigenvalue weighted by atomic mass is 9.48. The summed E-state index contributed by atoms with van der Waals surface area (Å²) in [5, 5.41) is 3.67. The van der Waals surface area contributed by atoms with E-state index < -0.39 is 0 Å². The summed E-state index contributed by atoms with van der Waals surface area (Å²) in [6.45, 7) is 7.16. The van der Waals surface area contributed by atoms with Gasteiger partial charge in [-0.05, 0) is 81.6 Å². The predicted octanol–water partition coefficient (Wildman–Crippen LogP) is 3.61. The number of likely N-dealkylation sites (N-methyl/N-ethyl adjacent to an activating group) is 1. The molecule has 1 atom stereocenters. The van der Waals surface area contributed by atoms with E-state index in [4.69, 9.17) is 4.74 Å². The molecule has 1 unspecified atom stereocenters. The maximum Gasteiger partial charge on any atom is 0.0619 e. The van der Waals surface area contributed by atoms with Gasteiger partial charge in [0.05, 0.1) is 6.61 Å². The van der Waals surface area contributed by atoms with Gasteiger partial charge in [-0.15, -0.1) is 0 Å². The Hall–Kier alpha value is -0.0800. The van der Waals surface area contributed by atoms with E-state index in [0.717, 1.165) is 37.5 Å². The summed E-state index contributed by atoms with van der Waals surface area (Å²) < 4.78 is 5.70. The van der Waals surface area contributed by atoms with Crippen LogP contribution < -0.4 is 5.32 Å². The Balaban J connectivity index is 1.63. The zero-order valence-electron chi connectivity index (χ0n) is 12.8. The number of hydrogen-bond donors (Lipinski definition) is 1. The van der Waals surface area contributed by atoms with Gasteiger partial charge in [0.1, 0.15) is 0 Å². The quantitative estimate of drug-likeness (QED) is 0.759. The van der Waals surface area contributed by atoms with Crippen molar-refractivity contribution < 1.29 is 4.74 Å². The molecule has 4 fully saturated rings. The van der Waals surface area contributed by atoms with E-state index in [1.807, 2.05) is 0 Å². The van der Waals surface area contributed by atoms with Crippen molar-refractivity contribution in [3.63, 3.8) is 0 Å². The fourth-order valence-electron chi connectivity index (χ4n) is 5.80. The molecule has 0 aliphatic heterocycles. The first kappa shape index (κ1) is 13.9. The SMILES string of the molecule is CCNC(COCC)CC12CC3CC(CC(C3)C1)C2. The van der Waals surface area contributed by atoms with E-state index >= 15 is 0 Å². The van der Waals surface area contributed by atoms with E-state index in [1.54, 1.807) is 19.3 Å². The van der Waals surface area contributed by atoms with Gasteiger partial charge in [0.15, 0.2) is 0 Å². The molecule has 4 aliphatic rings. The highest BCUT2D eigenvalue weighted by Crippen LogP contribution is 2.61. The van der Waals surface area contributed by atoms with Crippen molar-refractivity contribution in [3.05, 3.63) is 0 Å². The van der Waals surface area contributed by atoms with Crippen LogP contribution in [0.25, 0.3) is 0 Å². The van der Waals surface area contributed by atoms with Crippen LogP contribution in [0.4, 0.5) is 0 Å². The smallest absolute Gasteiger partial charge is 0.0619 e. The van der Waals surface area contributed by atoms with Gasteiger partial charge in [-0.2, -0.15) is 0 Å². The molecule has 110 valence electrons. The lowest BCUT2D eigenvalue weighted by Crippen LogP contribution is -2.49. The van der Waals surface area contributed by atoms with Gasteiger partial charge < -0.3 is 10.1 Å². The molecule has 2 nitrogen and oxygen atoms in total. The van der Waals surface area contributed by atoms with Crippen LogP contribution in [0.3, 0.4) is 0 Å². The van der Waals surface area contributed by atoms with E-state index in [0.29, 0.717) is 11.5 Å². The second-order valence-corrected chi connectivity index (χ2v) is 7.54. The first-order valence-electron chi connectivity index (χ1n) is 8.54. The summed E-state index contributed by atoms with van der Waals surface area (Å²) >= 11 is 0. The van der Waals surface area contributed by atoms with Crippen molar-refractivity contribution in [2.45, 2.75) is 64.8 Å². The van der Waals surface area contributed by atoms with Gasteiger partial charge in [-0.3, -0.25) is 0 Å². The average Bonchev–Trinajstić information content (AvgIpc) is 2.34. The largest absolute Gasteiger partial charge is 0.380 e. The molecule has 0 aromatic rings. The molecule has 0 radical (unpaired) electrons. The molecular weight excluding hydrogens is 234 g/mol. The highest BCUT2D eigenvalue weighted by atomic mass is 16.5. The Morgan fingerprint density at radius 3 is 2.11 bits per heavy atom. The van der Waals surface area contributed by atoms with Crippen LogP contribution in [-0.4, -0.2) is 25.8 Å². The van der Waals surface area contributed by atoms with Crippen molar-refractivity contribution in [1.29, 1.82) is 0 Å². The van der Waals surface area contributed by atoms with Gasteiger partial charge >= 0.3 is 0 Å². The van der Waals surface area contributed by atoms with Crippen LogP contribution >= 0.6 is 0 Å². The van der Waals surface area contributed by atoms with Gasteiger partial charge in [0.2, 0.25) is 0 Å². The Morgan fingerprint density at radius 2 is 1.63 bits per heavy atom. The van der Waals surface area contributed by atoms with E-state index in [9.17, 15) is 0 Å². The third-order valence-corrected chi connectivity index (χ3v) is 5.86. The Kier molecular flexibility index (Phi) is 4.19. The van der Waals surface area contributed by atoms with Crippen molar-refractivity contribution in [2.24, 2.45) is 23.2 Å². The zero-order valence-corrected chi connectivity index (χ0v) is 12.8. The zero-order chi connectivity index (χ0) is 13.3. The highest BCUT2D eigenvalue weighted by molar-refractivity contribution is 5.02. The Morgan fingerprint density at radius 1 is 1.05 bits per heavy atom. The van der Waals surface area contributed by atoms with Crippen molar-refractivity contribution in [2.75, 3.05) is 19.8 Å². The second-order valence-electron chi connectivity index (χ2n) is 7.54. The first-order valence-corrected chi connectivity index (χ1v) is 8.54. The molecule has 4 bridgehead atoms. The molecule has 0 heterocycles. The second kappa shape index (κ2) is 5.73. The first-order chi connectivity index (χ1) is 9.23. The lowest BCUT2D eigenvalue weighted by Gasteiger charge is -2.57. The maximum atomic E-state index is 5.70. The molecule has 0 saturated heterocycles. The lowest BCUT2D eigenvalue weighted by molar-refractivity contribution is -0.0661. The predicted molar refractivity (Wildman–Crippen MR) is 79.2 cm³/mol. The van der Waals surface area contributed by atoms with Crippen LogP contribution in [0.15, 0.2) is 0 Å². The van der Waals surface area contributed by atoms with Crippen LogP contribution in [0.1, 0.15) is 58.8 Å². The number of rotatable bonds is 7. The molecule has 0 aromatic carbocycles. The highest BCUT2D eigenvalue weighted by Gasteiger charge is 2.51. The summed E-state index contributed by atoms with van der Waals surface area (Å²) in [6.07, 6.45) is 10.6. The van der Waals surface area contributed by atoms with E-state index in [2.05, 4.69) is 19.2 Å². The molecular formula is C17H31NO. The third-order valence-electron chi connectivity index (χ3n) is 5.86. The number of hydrogen-bond acceptors (Lipinski definition) is 2. The molecule has 4 aliphatic carbocycles. The number of nitrogens with one attached hydrogen (secondary N) is 1. The Labute approximate surface area is 118 Å². The van der Waals surface area contributed by atoms with Gasteiger partial charge in [-0.25, -0.2) is 0 Å². The van der Waals surface area contributed by atoms with Crippen molar-refractivity contribution >= 4 is 0 Å². The summed E-state index contributed by atoms with van der Waals surface area (Å²) in [4.78, 5) is 0. The summed E-state index contributed by atoms with van der Waals surface area (Å²) in [5.41, 5.74) is 0.679. The Bertz CT molecular complexity index is 266. The molecule has 0 aromatic heterocycles. The van der Waals surface area contributed by atoms with Gasteiger partial charge in [0.25, 0.3) is 0 Å². The normalized spacial score (nSPS) is 41.7. The summed E-state index contributed by atoms with van der Waals surface area (Å²) in [6, 6.07) is 0.584. The van der Waals surface area contributed by atoms with Crippen LogP contribution in [0, 0.1) is 23.2 Å². The average molecular weight is 265 g/mol. The fraction of sp³-hybridized carbons (Fsp3) is 1.00. The molecule has 19 heavy (non-hydrogen) atoms. The monoisotopic (exact) mass is 265 g/mol. The van der Waals surface area contributed by atoms with E-state index in [1.165, 1.54) is 25.7 Å². The molecule has 2 heteroatoms. The minimum absolute atomic E-state index is 0.584. The van der Waals surface area contributed by atoms with Gasteiger partial charge in [0, 0.05) is 12.6 Å². The molecule has 1 N–H and O–H groups in total. The van der Waals surface area contributed by atoms with E-state index in [-0.39, 0.29) is 0 Å². The maximum absolute atomic E-state index is 5.70. The van der Waals surface area contributed by atoms with Crippen LogP contribution in [-0.2, 0) is 4.74 Å². The standard InChI is InChI=1S/C17H31NO/c1-3-18-16(12-19-4-2)11-17-8-13-5-14(9-17)7-15(6-13)10-17/h13-16,18H,3-12H2,1-2H3. The summed E-state index contributed by atoms with van der Waals surface area (Å²) in [5.74, 6) is 3.21. The summed E-state index contributed by atoms with van der Waals surface area (Å²) in [7, 11) is 0. The molecule has 0 spiro atoms. The van der Waals surface area contributed by atoms with Gasteiger partial charge in [-0.1, -0.05) is 6.92 Å². The van der Waals surface area contributed by atoms with Crippen LogP contribution in [0.5, 0.6) is 0 Å². The minimum atomic E-state index is 0.584. The molecule has 4 saturated carbocycles. The topological polar surface area (TPSA) is 21.3 Å². The van der Waals surface area contributed by atoms with Crippen LogP contribution in [0.2, 0.25) is 0 Å². The molecule has 4 rings (SSSR count). The fourth-order valence-corrected chi connectivity index (χ4v) is 5.80. The van der Waals surface area contributed by atoms with Crippen molar-refractivity contribution in [3.8, 4) is 0 Å².